The van der Waals surface area contributed by atoms with E-state index in [4.69, 9.17) is 4.74 Å². The fourth-order valence-corrected chi connectivity index (χ4v) is 3.59. The van der Waals surface area contributed by atoms with Gasteiger partial charge in [-0.2, -0.15) is 0 Å². The van der Waals surface area contributed by atoms with Gasteiger partial charge in [-0.3, -0.25) is 9.78 Å². The molecule has 4 rings (SSSR count). The molecule has 1 aromatic carbocycles. The highest BCUT2D eigenvalue weighted by molar-refractivity contribution is 6.06. The SMILES string of the molecule is CNC(=O)c1ccnc2c([C@H](C)CNc3cc(-c4ccnc(OC)c4)ncn3)cccc12. The highest BCUT2D eigenvalue weighted by Crippen LogP contribution is 2.27. The number of carbonyl (C=O) groups is 1. The number of nitrogens with one attached hydrogen (secondary N) is 2. The summed E-state index contributed by atoms with van der Waals surface area (Å²) in [6.07, 6.45) is 4.90. The first-order valence-corrected chi connectivity index (χ1v) is 10.3. The summed E-state index contributed by atoms with van der Waals surface area (Å²) in [6, 6.07) is 13.3. The van der Waals surface area contributed by atoms with E-state index in [9.17, 15) is 4.79 Å². The zero-order valence-corrected chi connectivity index (χ0v) is 18.2. The van der Waals surface area contributed by atoms with Crippen LogP contribution < -0.4 is 15.4 Å². The second-order valence-electron chi connectivity index (χ2n) is 7.34. The number of para-hydroxylation sites is 1. The summed E-state index contributed by atoms with van der Waals surface area (Å²) in [4.78, 5) is 29.6. The summed E-state index contributed by atoms with van der Waals surface area (Å²) in [6.45, 7) is 2.76. The van der Waals surface area contributed by atoms with Gasteiger partial charge in [0.15, 0.2) is 0 Å². The number of nitrogens with zero attached hydrogens (tertiary/aromatic N) is 4. The molecule has 1 atom stereocenters. The molecule has 4 aromatic rings. The van der Waals surface area contributed by atoms with Crippen molar-refractivity contribution in [2.45, 2.75) is 12.8 Å². The lowest BCUT2D eigenvalue weighted by Crippen LogP contribution is -2.18. The molecule has 0 aliphatic carbocycles. The van der Waals surface area contributed by atoms with E-state index >= 15 is 0 Å². The van der Waals surface area contributed by atoms with Crippen LogP contribution in [-0.2, 0) is 0 Å². The summed E-state index contributed by atoms with van der Waals surface area (Å²) in [5.74, 6) is 1.26. The average Bonchev–Trinajstić information content (AvgIpc) is 2.86. The molecule has 0 unspecified atom stereocenters. The number of amides is 1. The van der Waals surface area contributed by atoms with E-state index in [0.29, 0.717) is 18.0 Å². The van der Waals surface area contributed by atoms with Gasteiger partial charge in [0.05, 0.1) is 23.9 Å². The lowest BCUT2D eigenvalue weighted by Gasteiger charge is -2.16. The van der Waals surface area contributed by atoms with Crippen molar-refractivity contribution < 1.29 is 9.53 Å². The number of anilines is 1. The van der Waals surface area contributed by atoms with Crippen LogP contribution >= 0.6 is 0 Å². The molecule has 8 heteroatoms. The lowest BCUT2D eigenvalue weighted by atomic mass is 9.96. The molecule has 0 spiro atoms. The average molecular weight is 428 g/mol. The Labute approximate surface area is 186 Å². The van der Waals surface area contributed by atoms with Crippen molar-refractivity contribution >= 4 is 22.6 Å². The van der Waals surface area contributed by atoms with Gasteiger partial charge < -0.3 is 15.4 Å². The number of hydrogen-bond donors (Lipinski definition) is 2. The van der Waals surface area contributed by atoms with Crippen molar-refractivity contribution in [3.05, 3.63) is 72.3 Å². The fraction of sp³-hybridized carbons (Fsp3) is 0.208. The van der Waals surface area contributed by atoms with E-state index in [1.54, 1.807) is 32.6 Å². The topological polar surface area (TPSA) is 102 Å². The molecule has 0 saturated carbocycles. The van der Waals surface area contributed by atoms with E-state index in [-0.39, 0.29) is 11.8 Å². The maximum absolute atomic E-state index is 12.2. The molecule has 0 fully saturated rings. The van der Waals surface area contributed by atoms with E-state index in [0.717, 1.165) is 33.5 Å². The monoisotopic (exact) mass is 428 g/mol. The van der Waals surface area contributed by atoms with Crippen LogP contribution in [0.2, 0.25) is 0 Å². The van der Waals surface area contributed by atoms with E-state index < -0.39 is 0 Å². The van der Waals surface area contributed by atoms with Crippen molar-refractivity contribution in [3.63, 3.8) is 0 Å². The highest BCUT2D eigenvalue weighted by atomic mass is 16.5. The number of hydrogen-bond acceptors (Lipinski definition) is 7. The first kappa shape index (κ1) is 21.2. The maximum atomic E-state index is 12.2. The Bertz CT molecular complexity index is 1260. The molecule has 1 amide bonds. The number of ether oxygens (including phenoxy) is 1. The number of pyridine rings is 2. The molecule has 162 valence electrons. The minimum absolute atomic E-state index is 0.124. The van der Waals surface area contributed by atoms with Crippen molar-refractivity contribution in [2.24, 2.45) is 0 Å². The van der Waals surface area contributed by atoms with Crippen LogP contribution in [0.3, 0.4) is 0 Å². The van der Waals surface area contributed by atoms with E-state index in [1.807, 2.05) is 36.4 Å². The summed E-state index contributed by atoms with van der Waals surface area (Å²) in [5.41, 5.74) is 4.19. The summed E-state index contributed by atoms with van der Waals surface area (Å²) in [5, 5.41) is 6.92. The maximum Gasteiger partial charge on any atom is 0.251 e. The van der Waals surface area contributed by atoms with E-state index in [2.05, 4.69) is 37.5 Å². The predicted octanol–water partition coefficient (Wildman–Crippen LogP) is 3.67. The molecule has 3 aromatic heterocycles. The summed E-state index contributed by atoms with van der Waals surface area (Å²) in [7, 11) is 3.21. The number of fused-ring (bicyclic) bond motifs is 1. The number of carbonyl (C=O) groups excluding carboxylic acids is 1. The number of methoxy groups -OCH3 is 1. The van der Waals surface area contributed by atoms with Gasteiger partial charge in [-0.05, 0) is 17.7 Å². The van der Waals surface area contributed by atoms with Crippen LogP contribution in [0, 0.1) is 0 Å². The Morgan fingerprint density at radius 2 is 1.91 bits per heavy atom. The zero-order chi connectivity index (χ0) is 22.5. The van der Waals surface area contributed by atoms with Gasteiger partial charge in [-0.15, -0.1) is 0 Å². The van der Waals surface area contributed by atoms with Crippen LogP contribution in [0.1, 0.15) is 28.8 Å². The first-order valence-electron chi connectivity index (χ1n) is 10.3. The Kier molecular flexibility index (Phi) is 6.21. The van der Waals surface area contributed by atoms with Crippen molar-refractivity contribution in [1.29, 1.82) is 0 Å². The van der Waals surface area contributed by atoms with Gasteiger partial charge in [0.25, 0.3) is 5.91 Å². The Morgan fingerprint density at radius 1 is 1.06 bits per heavy atom. The predicted molar refractivity (Wildman–Crippen MR) is 124 cm³/mol. The van der Waals surface area contributed by atoms with Crippen LogP contribution in [0.25, 0.3) is 22.2 Å². The molecular formula is C24H24N6O2. The lowest BCUT2D eigenvalue weighted by molar-refractivity contribution is 0.0964. The molecule has 3 heterocycles. The second-order valence-corrected chi connectivity index (χ2v) is 7.34. The third-order valence-corrected chi connectivity index (χ3v) is 5.30. The Hall–Kier alpha value is -4.07. The van der Waals surface area contributed by atoms with Gasteiger partial charge in [-0.1, -0.05) is 25.1 Å². The summed E-state index contributed by atoms with van der Waals surface area (Å²) < 4.78 is 5.20. The zero-order valence-electron chi connectivity index (χ0n) is 18.2. The normalized spacial score (nSPS) is 11.7. The molecular weight excluding hydrogens is 404 g/mol. The minimum Gasteiger partial charge on any atom is -0.481 e. The molecule has 0 saturated heterocycles. The second kappa shape index (κ2) is 9.38. The van der Waals surface area contributed by atoms with Gasteiger partial charge in [0, 0.05) is 55.0 Å². The highest BCUT2D eigenvalue weighted by Gasteiger charge is 2.15. The number of rotatable bonds is 7. The van der Waals surface area contributed by atoms with Gasteiger partial charge in [0.1, 0.15) is 12.1 Å². The van der Waals surface area contributed by atoms with E-state index in [1.165, 1.54) is 6.33 Å². The molecule has 0 radical (unpaired) electrons. The van der Waals surface area contributed by atoms with Gasteiger partial charge >= 0.3 is 0 Å². The van der Waals surface area contributed by atoms with Crippen LogP contribution in [-0.4, -0.2) is 46.5 Å². The molecule has 0 bridgehead atoms. The standard InChI is InChI=1S/C24H24N6O2/c1-15(17-5-4-6-18-19(24(31)25-2)8-10-27-23(17)18)13-28-21-12-20(29-14-30-21)16-7-9-26-22(11-16)32-3/h4-12,14-15H,13H2,1-3H3,(H,25,31)(H,28,29,30)/t15-/m1/s1. The largest absolute Gasteiger partial charge is 0.481 e. The number of aromatic nitrogens is 4. The molecule has 8 nitrogen and oxygen atoms in total. The number of benzene rings is 1. The van der Waals surface area contributed by atoms with Crippen molar-refractivity contribution in [2.75, 3.05) is 26.0 Å². The quantitative estimate of drug-likeness (QED) is 0.463. The molecule has 2 N–H and O–H groups in total. The Balaban J connectivity index is 1.55. The van der Waals surface area contributed by atoms with Crippen molar-refractivity contribution in [3.8, 4) is 17.1 Å². The first-order chi connectivity index (χ1) is 15.6. The van der Waals surface area contributed by atoms with Gasteiger partial charge in [-0.25, -0.2) is 15.0 Å². The fourth-order valence-electron chi connectivity index (χ4n) is 3.59. The third-order valence-electron chi connectivity index (χ3n) is 5.30. The smallest absolute Gasteiger partial charge is 0.251 e. The molecule has 32 heavy (non-hydrogen) atoms. The summed E-state index contributed by atoms with van der Waals surface area (Å²) >= 11 is 0. The van der Waals surface area contributed by atoms with Crippen LogP contribution in [0.5, 0.6) is 5.88 Å². The van der Waals surface area contributed by atoms with Crippen molar-refractivity contribution in [1.82, 2.24) is 25.3 Å². The molecule has 0 aliphatic rings. The molecule has 0 aliphatic heterocycles. The Morgan fingerprint density at radius 3 is 2.72 bits per heavy atom. The third kappa shape index (κ3) is 4.34. The van der Waals surface area contributed by atoms with Crippen LogP contribution in [0.15, 0.2) is 61.2 Å². The minimum atomic E-state index is -0.124. The van der Waals surface area contributed by atoms with Gasteiger partial charge in [0.2, 0.25) is 5.88 Å². The van der Waals surface area contributed by atoms with Crippen LogP contribution in [0.4, 0.5) is 5.82 Å².